The Morgan fingerprint density at radius 2 is 0.913 bits per heavy atom. The molecule has 4 nitrogen and oxygen atoms in total. The van der Waals surface area contributed by atoms with Gasteiger partial charge in [-0.05, 0) is 66.5 Å². The summed E-state index contributed by atoms with van der Waals surface area (Å²) in [5.74, 6) is 0.278. The molecule has 0 spiro atoms. The Balaban J connectivity index is 1.84. The van der Waals surface area contributed by atoms with Crippen molar-refractivity contribution in [3.8, 4) is 0 Å². The summed E-state index contributed by atoms with van der Waals surface area (Å²) in [4.78, 5) is 0.136. The van der Waals surface area contributed by atoms with Crippen LogP contribution in [0.25, 0.3) is 0 Å². The molecule has 1 N–H and O–H groups in total. The Morgan fingerprint density at radius 1 is 0.522 bits per heavy atom. The molecule has 0 aromatic heterocycles. The minimum absolute atomic E-state index is 0.136. The van der Waals surface area contributed by atoms with E-state index in [-0.39, 0.29) is 10.7 Å². The molecule has 6 heteroatoms. The van der Waals surface area contributed by atoms with Gasteiger partial charge in [0, 0.05) is 11.0 Å². The molecule has 0 bridgehead atoms. The van der Waals surface area contributed by atoms with Gasteiger partial charge >= 0.3 is 0 Å². The summed E-state index contributed by atoms with van der Waals surface area (Å²) in [6.45, 7) is 1.15. The average molecular weight is 639 g/mol. The molecule has 0 radical (unpaired) electrons. The molecule has 0 heterocycles. The lowest BCUT2D eigenvalue weighted by Gasteiger charge is -2.34. The number of rotatable bonds is 8. The highest BCUT2D eigenvalue weighted by Crippen LogP contribution is 2.48. The van der Waals surface area contributed by atoms with Gasteiger partial charge in [0.2, 0.25) is 0 Å². The van der Waals surface area contributed by atoms with Gasteiger partial charge in [-0.1, -0.05) is 157 Å². The standard InChI is InChI=1S/C40H35N2O2PS/c1-31-23-27-34(28-24-31)41-40(42-46(43,44)38-29-25-32(2)26-30-38)39(33-15-7-3-8-16-33)45(35-17-9-4-10-18-35,36-19-11-5-12-20-36)37-21-13-6-14-22-37/h3-30H,1-2H3,(H,41,42). The second kappa shape index (κ2) is 13.6. The zero-order valence-corrected chi connectivity index (χ0v) is 27.5. The maximum absolute atomic E-state index is 14.2. The number of nitrogens with one attached hydrogen (secondary N) is 1. The minimum Gasteiger partial charge on any atom is -0.339 e. The number of sulfonamides is 1. The number of benzene rings is 6. The lowest BCUT2D eigenvalue weighted by Crippen LogP contribution is -2.37. The van der Waals surface area contributed by atoms with E-state index in [1.807, 2.05) is 123 Å². The topological polar surface area (TPSA) is 58.5 Å². The van der Waals surface area contributed by atoms with Crippen LogP contribution in [0.5, 0.6) is 0 Å². The van der Waals surface area contributed by atoms with Gasteiger partial charge in [0.15, 0.2) is 5.84 Å². The number of hydrogen-bond donors (Lipinski definition) is 1. The first-order valence-electron chi connectivity index (χ1n) is 15.1. The van der Waals surface area contributed by atoms with Crippen LogP contribution in [0.3, 0.4) is 0 Å². The first-order valence-corrected chi connectivity index (χ1v) is 18.4. The van der Waals surface area contributed by atoms with Gasteiger partial charge in [-0.2, -0.15) is 8.42 Å². The molecule has 0 atom stereocenters. The van der Waals surface area contributed by atoms with E-state index in [0.717, 1.165) is 43.6 Å². The van der Waals surface area contributed by atoms with Crippen molar-refractivity contribution in [3.63, 3.8) is 0 Å². The third-order valence-corrected chi connectivity index (χ3v) is 13.5. The van der Waals surface area contributed by atoms with E-state index in [4.69, 9.17) is 4.40 Å². The first kappa shape index (κ1) is 31.0. The summed E-state index contributed by atoms with van der Waals surface area (Å²) < 4.78 is 33.2. The second-order valence-corrected chi connectivity index (χ2v) is 16.1. The molecule has 228 valence electrons. The summed E-state index contributed by atoms with van der Waals surface area (Å²) in [5, 5.41) is 7.57. The molecule has 0 saturated heterocycles. The monoisotopic (exact) mass is 638 g/mol. The zero-order chi connectivity index (χ0) is 32.0. The predicted octanol–water partition coefficient (Wildman–Crippen LogP) is 7.72. The minimum atomic E-state index is -4.14. The fourth-order valence-electron chi connectivity index (χ4n) is 5.66. The van der Waals surface area contributed by atoms with Gasteiger partial charge in [-0.15, -0.1) is 4.40 Å². The van der Waals surface area contributed by atoms with Crippen molar-refractivity contribution in [2.75, 3.05) is 5.32 Å². The highest BCUT2D eigenvalue weighted by molar-refractivity contribution is 7.97. The Morgan fingerprint density at radius 3 is 1.35 bits per heavy atom. The van der Waals surface area contributed by atoms with Gasteiger partial charge in [0.25, 0.3) is 10.0 Å². The number of nitrogens with zero attached hydrogens (tertiary/aromatic N) is 1. The fraction of sp³-hybridized carbons (Fsp3) is 0.0500. The second-order valence-electron chi connectivity index (χ2n) is 11.1. The van der Waals surface area contributed by atoms with Crippen molar-refractivity contribution in [1.29, 1.82) is 0 Å². The van der Waals surface area contributed by atoms with Crippen LogP contribution in [0.15, 0.2) is 179 Å². The quantitative estimate of drug-likeness (QED) is 0.106. The van der Waals surface area contributed by atoms with Crippen molar-refractivity contribution in [2.45, 2.75) is 18.7 Å². The number of anilines is 1. The van der Waals surface area contributed by atoms with Crippen LogP contribution in [0.2, 0.25) is 0 Å². The molecule has 46 heavy (non-hydrogen) atoms. The van der Waals surface area contributed by atoms with E-state index in [1.165, 1.54) is 0 Å². The third kappa shape index (κ3) is 6.39. The van der Waals surface area contributed by atoms with Crippen LogP contribution in [0, 0.1) is 13.8 Å². The van der Waals surface area contributed by atoms with Crippen LogP contribution in [-0.2, 0) is 10.0 Å². The summed E-state index contributed by atoms with van der Waals surface area (Å²) in [5.41, 5.74) is 3.69. The van der Waals surface area contributed by atoms with Gasteiger partial charge < -0.3 is 5.32 Å². The third-order valence-electron chi connectivity index (χ3n) is 7.88. The SMILES string of the molecule is Cc1ccc(N/C(=N\S(=O)(=O)c2ccc(C)cc2)C(c2ccccc2)=P(c2ccccc2)(c2ccccc2)c2ccccc2)cc1. The molecule has 0 aliphatic rings. The van der Waals surface area contributed by atoms with E-state index in [9.17, 15) is 8.42 Å². The molecule has 0 aliphatic heterocycles. The Hall–Kier alpha value is -4.96. The molecule has 0 amide bonds. The summed E-state index contributed by atoms with van der Waals surface area (Å²) in [7, 11) is -4.14. The van der Waals surface area contributed by atoms with Crippen LogP contribution < -0.4 is 21.2 Å². The molecule has 6 aromatic carbocycles. The van der Waals surface area contributed by atoms with Crippen molar-refractivity contribution in [2.24, 2.45) is 4.40 Å². The summed E-state index contributed by atoms with van der Waals surface area (Å²) in [6, 6.07) is 56.0. The van der Waals surface area contributed by atoms with Crippen LogP contribution in [0.4, 0.5) is 5.69 Å². The van der Waals surface area contributed by atoms with Crippen LogP contribution >= 0.6 is 6.89 Å². The van der Waals surface area contributed by atoms with E-state index < -0.39 is 16.9 Å². The van der Waals surface area contributed by atoms with Gasteiger partial charge in [-0.25, -0.2) is 0 Å². The normalized spacial score (nSPS) is 12.0. The molecule has 0 fully saturated rings. The fourth-order valence-corrected chi connectivity index (χ4v) is 11.2. The van der Waals surface area contributed by atoms with E-state index in [2.05, 4.69) is 41.7 Å². The largest absolute Gasteiger partial charge is 0.339 e. The Bertz CT molecular complexity index is 2010. The van der Waals surface area contributed by atoms with Crippen LogP contribution in [-0.4, -0.2) is 19.5 Å². The summed E-state index contributed by atoms with van der Waals surface area (Å²) in [6.07, 6.45) is 0. The van der Waals surface area contributed by atoms with Gasteiger partial charge in [0.05, 0.1) is 4.90 Å². The average Bonchev–Trinajstić information content (AvgIpc) is 3.09. The highest BCUT2D eigenvalue weighted by Gasteiger charge is 2.34. The van der Waals surface area contributed by atoms with Crippen molar-refractivity contribution < 1.29 is 8.42 Å². The highest BCUT2D eigenvalue weighted by atomic mass is 32.2. The van der Waals surface area contributed by atoms with Gasteiger partial charge in [-0.3, -0.25) is 0 Å². The molecule has 0 unspecified atom stereocenters. The smallest absolute Gasteiger partial charge is 0.284 e. The van der Waals surface area contributed by atoms with E-state index >= 15 is 0 Å². The zero-order valence-electron chi connectivity index (χ0n) is 25.8. The van der Waals surface area contributed by atoms with Crippen molar-refractivity contribution in [1.82, 2.24) is 0 Å². The van der Waals surface area contributed by atoms with Crippen molar-refractivity contribution in [3.05, 3.63) is 187 Å². The molecule has 0 aliphatic carbocycles. The maximum atomic E-state index is 14.2. The number of hydrogen-bond acceptors (Lipinski definition) is 2. The lowest BCUT2D eigenvalue weighted by molar-refractivity contribution is 0.598. The number of amidine groups is 1. The lowest BCUT2D eigenvalue weighted by atomic mass is 10.1. The molecular formula is C40H35N2O2PS. The molecule has 0 saturated carbocycles. The van der Waals surface area contributed by atoms with Crippen molar-refractivity contribution >= 4 is 49.6 Å². The summed E-state index contributed by atoms with van der Waals surface area (Å²) >= 11 is 0. The molecule has 6 aromatic rings. The number of aryl methyl sites for hydroxylation is 2. The van der Waals surface area contributed by atoms with E-state index in [0.29, 0.717) is 0 Å². The molecular weight excluding hydrogens is 603 g/mol. The predicted molar refractivity (Wildman–Crippen MR) is 196 cm³/mol. The van der Waals surface area contributed by atoms with Gasteiger partial charge in [0.1, 0.15) is 0 Å². The Kier molecular flexibility index (Phi) is 9.16. The Labute approximate surface area is 272 Å². The first-order chi connectivity index (χ1) is 22.4. The maximum Gasteiger partial charge on any atom is 0.284 e. The molecule has 6 rings (SSSR count). The van der Waals surface area contributed by atoms with E-state index in [1.54, 1.807) is 24.3 Å². The van der Waals surface area contributed by atoms with Crippen LogP contribution in [0.1, 0.15) is 16.7 Å².